The number of nitriles is 1. The summed E-state index contributed by atoms with van der Waals surface area (Å²) in [6, 6.07) is 9.31. The lowest BCUT2D eigenvalue weighted by Crippen LogP contribution is -2.35. The van der Waals surface area contributed by atoms with Crippen LogP contribution in [0.25, 0.3) is 0 Å². The van der Waals surface area contributed by atoms with Crippen LogP contribution in [0.5, 0.6) is 17.2 Å². The van der Waals surface area contributed by atoms with E-state index in [4.69, 9.17) is 24.7 Å². The van der Waals surface area contributed by atoms with E-state index in [1.54, 1.807) is 29.9 Å². The van der Waals surface area contributed by atoms with Gasteiger partial charge in [-0.2, -0.15) is 5.26 Å². The number of fused-ring (bicyclic) bond motifs is 1. The zero-order valence-electron chi connectivity index (χ0n) is 18.5. The van der Waals surface area contributed by atoms with Crippen LogP contribution in [0.2, 0.25) is 0 Å². The molecule has 1 aromatic heterocycles. The molecule has 8 nitrogen and oxygen atoms in total. The second kappa shape index (κ2) is 8.97. The normalized spacial score (nSPS) is 19.8. The predicted octanol–water partition coefficient (Wildman–Crippen LogP) is 2.96. The van der Waals surface area contributed by atoms with Gasteiger partial charge in [0.05, 0.1) is 37.8 Å². The highest BCUT2D eigenvalue weighted by Crippen LogP contribution is 2.42. The summed E-state index contributed by atoms with van der Waals surface area (Å²) in [6.07, 6.45) is 1.89. The lowest BCUT2D eigenvalue weighted by atomic mass is 9.84. The van der Waals surface area contributed by atoms with Gasteiger partial charge < -0.3 is 29.2 Å². The fourth-order valence-electron chi connectivity index (χ4n) is 4.38. The van der Waals surface area contributed by atoms with Gasteiger partial charge in [0.1, 0.15) is 17.4 Å². The highest BCUT2D eigenvalue weighted by atomic mass is 16.5. The molecule has 1 aromatic carbocycles. The first-order chi connectivity index (χ1) is 15.5. The molecule has 8 heteroatoms. The minimum absolute atomic E-state index is 0.00553. The summed E-state index contributed by atoms with van der Waals surface area (Å²) >= 11 is 0. The van der Waals surface area contributed by atoms with Crippen molar-refractivity contribution in [2.75, 3.05) is 20.3 Å². The Morgan fingerprint density at radius 2 is 2.12 bits per heavy atom. The first-order valence-electron chi connectivity index (χ1n) is 10.7. The summed E-state index contributed by atoms with van der Waals surface area (Å²) in [4.78, 5) is 13.7. The van der Waals surface area contributed by atoms with Gasteiger partial charge in [0.2, 0.25) is 5.88 Å². The van der Waals surface area contributed by atoms with Crippen molar-refractivity contribution in [3.05, 3.63) is 62.9 Å². The van der Waals surface area contributed by atoms with E-state index in [9.17, 15) is 10.1 Å². The molecule has 3 heterocycles. The second-order valence-electron chi connectivity index (χ2n) is 7.88. The number of pyridine rings is 1. The maximum Gasteiger partial charge on any atom is 0.258 e. The van der Waals surface area contributed by atoms with Gasteiger partial charge in [0.25, 0.3) is 5.56 Å². The Balaban J connectivity index is 1.88. The van der Waals surface area contributed by atoms with Crippen LogP contribution in [0.3, 0.4) is 0 Å². The summed E-state index contributed by atoms with van der Waals surface area (Å²) in [7, 11) is 1.55. The number of aromatic nitrogens is 1. The van der Waals surface area contributed by atoms with Crippen molar-refractivity contribution in [2.45, 2.75) is 45.3 Å². The van der Waals surface area contributed by atoms with Crippen LogP contribution in [0.15, 0.2) is 40.5 Å². The molecule has 2 aliphatic heterocycles. The van der Waals surface area contributed by atoms with Crippen molar-refractivity contribution in [1.29, 1.82) is 5.26 Å². The van der Waals surface area contributed by atoms with E-state index >= 15 is 0 Å². The third kappa shape index (κ3) is 3.80. The van der Waals surface area contributed by atoms with E-state index in [1.807, 2.05) is 19.9 Å². The van der Waals surface area contributed by atoms with Crippen LogP contribution in [0, 0.1) is 18.3 Å². The Bertz CT molecular complexity index is 1160. The molecule has 0 saturated carbocycles. The molecule has 1 fully saturated rings. The van der Waals surface area contributed by atoms with E-state index in [2.05, 4.69) is 6.07 Å². The average molecular weight is 437 g/mol. The lowest BCUT2D eigenvalue weighted by molar-refractivity contribution is 0.0955. The third-order valence-corrected chi connectivity index (χ3v) is 5.92. The van der Waals surface area contributed by atoms with Gasteiger partial charge in [-0.05, 0) is 44.4 Å². The molecule has 0 bridgehead atoms. The Morgan fingerprint density at radius 3 is 2.78 bits per heavy atom. The number of benzene rings is 1. The lowest BCUT2D eigenvalue weighted by Gasteiger charge is -2.28. The minimum atomic E-state index is -0.683. The van der Waals surface area contributed by atoms with Crippen molar-refractivity contribution in [2.24, 2.45) is 5.73 Å². The van der Waals surface area contributed by atoms with Crippen molar-refractivity contribution in [1.82, 2.24) is 4.57 Å². The Hall–Kier alpha value is -3.44. The summed E-state index contributed by atoms with van der Waals surface area (Å²) < 4.78 is 24.3. The third-order valence-electron chi connectivity index (χ3n) is 5.92. The van der Waals surface area contributed by atoms with Gasteiger partial charge in [0, 0.05) is 18.4 Å². The summed E-state index contributed by atoms with van der Waals surface area (Å²) in [5.74, 6) is 0.775. The predicted molar refractivity (Wildman–Crippen MR) is 118 cm³/mol. The van der Waals surface area contributed by atoms with E-state index in [0.717, 1.165) is 18.5 Å². The molecule has 32 heavy (non-hydrogen) atoms. The molecule has 0 unspecified atom stereocenters. The molecular formula is C24H27N3O5. The zero-order chi connectivity index (χ0) is 22.8. The fourth-order valence-corrected chi connectivity index (χ4v) is 4.38. The molecule has 0 amide bonds. The molecule has 2 N–H and O–H groups in total. The molecule has 2 aliphatic rings. The molecule has 2 aromatic rings. The maximum atomic E-state index is 13.7. The average Bonchev–Trinajstić information content (AvgIpc) is 3.29. The summed E-state index contributed by atoms with van der Waals surface area (Å²) in [6.45, 7) is 5.39. The molecule has 0 spiro atoms. The van der Waals surface area contributed by atoms with Crippen LogP contribution in [-0.4, -0.2) is 31.0 Å². The second-order valence-corrected chi connectivity index (χ2v) is 7.88. The van der Waals surface area contributed by atoms with E-state index in [-0.39, 0.29) is 23.1 Å². The highest BCUT2D eigenvalue weighted by Gasteiger charge is 2.35. The molecule has 2 atom stereocenters. The Morgan fingerprint density at radius 1 is 1.31 bits per heavy atom. The SMILES string of the molecule is CCOc1ccc([C@@H]2C(C#N)=C(N)Oc3cc(C)n(C[C@@H]4CCCO4)c(=O)c32)cc1OC. The quantitative estimate of drug-likeness (QED) is 0.740. The molecule has 0 aliphatic carbocycles. The monoisotopic (exact) mass is 437 g/mol. The maximum absolute atomic E-state index is 13.7. The van der Waals surface area contributed by atoms with Gasteiger partial charge in [0.15, 0.2) is 11.5 Å². The van der Waals surface area contributed by atoms with Crippen LogP contribution in [0.1, 0.15) is 42.5 Å². The van der Waals surface area contributed by atoms with Gasteiger partial charge in [-0.3, -0.25) is 4.79 Å². The van der Waals surface area contributed by atoms with Gasteiger partial charge in [-0.25, -0.2) is 0 Å². The van der Waals surface area contributed by atoms with Crippen LogP contribution in [0.4, 0.5) is 0 Å². The van der Waals surface area contributed by atoms with Crippen molar-refractivity contribution < 1.29 is 18.9 Å². The molecule has 168 valence electrons. The van der Waals surface area contributed by atoms with Crippen molar-refractivity contribution in [3.63, 3.8) is 0 Å². The summed E-state index contributed by atoms with van der Waals surface area (Å²) in [5.41, 5.74) is 7.90. The standard InChI is InChI=1S/C24H27N3O5/c1-4-30-18-8-7-15(11-19(18)29-3)21-17(12-25)23(26)32-20-10-14(2)27(24(28)22(20)21)13-16-6-5-9-31-16/h7-8,10-11,16,21H,4-6,9,13,26H2,1-3H3/t16-,21+/m0/s1. The number of methoxy groups -OCH3 is 1. The number of hydrogen-bond donors (Lipinski definition) is 1. The Labute approximate surface area is 186 Å². The molecular weight excluding hydrogens is 410 g/mol. The van der Waals surface area contributed by atoms with E-state index in [1.165, 1.54) is 0 Å². The van der Waals surface area contributed by atoms with E-state index in [0.29, 0.717) is 48.1 Å². The fraction of sp³-hybridized carbons (Fsp3) is 0.417. The Kier molecular flexibility index (Phi) is 6.10. The number of nitrogens with two attached hydrogens (primary N) is 1. The van der Waals surface area contributed by atoms with Crippen molar-refractivity contribution in [3.8, 4) is 23.3 Å². The number of aryl methyl sites for hydroxylation is 1. The van der Waals surface area contributed by atoms with E-state index < -0.39 is 5.92 Å². The zero-order valence-corrected chi connectivity index (χ0v) is 18.5. The first-order valence-corrected chi connectivity index (χ1v) is 10.7. The van der Waals surface area contributed by atoms with Gasteiger partial charge in [-0.15, -0.1) is 0 Å². The molecule has 4 rings (SSSR count). The minimum Gasteiger partial charge on any atom is -0.493 e. The van der Waals surface area contributed by atoms with Crippen LogP contribution in [-0.2, 0) is 11.3 Å². The first kappa shape index (κ1) is 21.8. The molecule has 0 radical (unpaired) electrons. The molecule has 1 saturated heterocycles. The topological polar surface area (TPSA) is 109 Å². The van der Waals surface area contributed by atoms with Gasteiger partial charge >= 0.3 is 0 Å². The number of rotatable bonds is 6. The van der Waals surface area contributed by atoms with Crippen LogP contribution >= 0.6 is 0 Å². The van der Waals surface area contributed by atoms with Crippen LogP contribution < -0.4 is 25.5 Å². The number of hydrogen-bond acceptors (Lipinski definition) is 7. The highest BCUT2D eigenvalue weighted by molar-refractivity contribution is 5.57. The number of nitrogens with zero attached hydrogens (tertiary/aromatic N) is 2. The number of ether oxygens (including phenoxy) is 4. The van der Waals surface area contributed by atoms with Gasteiger partial charge in [-0.1, -0.05) is 6.07 Å². The largest absolute Gasteiger partial charge is 0.493 e. The summed E-state index contributed by atoms with van der Waals surface area (Å²) in [5, 5.41) is 9.88. The van der Waals surface area contributed by atoms with Crippen molar-refractivity contribution >= 4 is 0 Å². The number of allylic oxidation sites excluding steroid dienone is 1. The smallest absolute Gasteiger partial charge is 0.258 e.